The molecule has 0 saturated heterocycles. The molecule has 0 aliphatic carbocycles. The number of carbonyl (C=O) groups is 1. The molecule has 0 unspecified atom stereocenters. The summed E-state index contributed by atoms with van der Waals surface area (Å²) in [6.07, 6.45) is 1.38. The van der Waals surface area contributed by atoms with Crippen molar-refractivity contribution in [3.8, 4) is 11.5 Å². The molecule has 0 fully saturated rings. The molecule has 3 heterocycles. The smallest absolute Gasteiger partial charge is 0.353 e. The Morgan fingerprint density at radius 1 is 1.13 bits per heavy atom. The van der Waals surface area contributed by atoms with Gasteiger partial charge in [-0.2, -0.15) is 18.7 Å². The van der Waals surface area contributed by atoms with Gasteiger partial charge in [-0.15, -0.1) is 0 Å². The standard InChI is InChI=1S/C25H23F2N7O4/c1-24(2,37)22-32-21(38-34-22)16-11-28-23(31-19(16)30-18(12-35)13-6-4-3-5-7-13)29-14-8-9-15-17(10-14)25(26,27)33-20(15)36/h3-11,18,35,37H,12H2,1-2H3,(H,33,36)(H2,28,29,30,31)/t18-/m1/s1. The van der Waals surface area contributed by atoms with Gasteiger partial charge in [-0.1, -0.05) is 35.5 Å². The minimum absolute atomic E-state index is 0.0164. The number of aliphatic hydroxyl groups is 2. The van der Waals surface area contributed by atoms with Crippen molar-refractivity contribution in [3.05, 3.63) is 77.2 Å². The van der Waals surface area contributed by atoms with Crippen LogP contribution in [0.5, 0.6) is 0 Å². The molecule has 1 aliphatic rings. The summed E-state index contributed by atoms with van der Waals surface area (Å²) < 4.78 is 33.7. The Bertz CT molecular complexity index is 1490. The van der Waals surface area contributed by atoms with E-state index in [-0.39, 0.29) is 46.9 Å². The zero-order valence-electron chi connectivity index (χ0n) is 20.2. The van der Waals surface area contributed by atoms with Crippen LogP contribution in [0.1, 0.15) is 47.2 Å². The number of benzene rings is 2. The molecule has 1 atom stereocenters. The number of hydrogen-bond donors (Lipinski definition) is 5. The second-order valence-electron chi connectivity index (χ2n) is 9.14. The number of carbonyl (C=O) groups excluding carboxylic acids is 1. The molecule has 38 heavy (non-hydrogen) atoms. The van der Waals surface area contributed by atoms with Crippen molar-refractivity contribution >= 4 is 23.4 Å². The largest absolute Gasteiger partial charge is 0.394 e. The number of aromatic nitrogens is 4. The normalized spacial score (nSPS) is 15.1. The fraction of sp³-hybridized carbons (Fsp3) is 0.240. The maximum Gasteiger partial charge on any atom is 0.353 e. The average Bonchev–Trinajstić information content (AvgIpc) is 3.46. The number of fused-ring (bicyclic) bond motifs is 1. The van der Waals surface area contributed by atoms with Crippen molar-refractivity contribution in [2.45, 2.75) is 31.5 Å². The van der Waals surface area contributed by atoms with E-state index in [2.05, 4.69) is 30.7 Å². The van der Waals surface area contributed by atoms with E-state index in [1.807, 2.05) is 30.3 Å². The summed E-state index contributed by atoms with van der Waals surface area (Å²) in [6.45, 7) is 2.73. The number of anilines is 3. The Morgan fingerprint density at radius 3 is 2.58 bits per heavy atom. The number of amides is 1. The van der Waals surface area contributed by atoms with Gasteiger partial charge in [0.25, 0.3) is 11.8 Å². The van der Waals surface area contributed by atoms with Gasteiger partial charge in [-0.3, -0.25) is 10.1 Å². The Labute approximate surface area is 215 Å². The first-order valence-corrected chi connectivity index (χ1v) is 11.5. The summed E-state index contributed by atoms with van der Waals surface area (Å²) in [5.74, 6) is -0.569. The summed E-state index contributed by atoms with van der Waals surface area (Å²) in [7, 11) is 0. The molecule has 0 saturated carbocycles. The van der Waals surface area contributed by atoms with Gasteiger partial charge in [0.05, 0.1) is 23.8 Å². The maximum atomic E-state index is 14.2. The first-order valence-electron chi connectivity index (χ1n) is 11.5. The number of nitrogens with zero attached hydrogens (tertiary/aromatic N) is 4. The number of halogens is 2. The Balaban J connectivity index is 1.52. The van der Waals surface area contributed by atoms with Gasteiger partial charge in [0.1, 0.15) is 17.0 Å². The number of nitrogens with one attached hydrogen (secondary N) is 3. The minimum atomic E-state index is -3.50. The van der Waals surface area contributed by atoms with E-state index in [4.69, 9.17) is 4.52 Å². The van der Waals surface area contributed by atoms with Crippen LogP contribution < -0.4 is 16.0 Å². The molecule has 0 spiro atoms. The second kappa shape index (κ2) is 9.43. The lowest BCUT2D eigenvalue weighted by molar-refractivity contribution is -0.0241. The van der Waals surface area contributed by atoms with Crippen molar-refractivity contribution < 1.29 is 28.3 Å². The van der Waals surface area contributed by atoms with E-state index in [1.165, 1.54) is 32.2 Å². The van der Waals surface area contributed by atoms with E-state index in [9.17, 15) is 23.8 Å². The van der Waals surface area contributed by atoms with Crippen LogP contribution in [0.25, 0.3) is 11.5 Å². The van der Waals surface area contributed by atoms with Crippen LogP contribution in [-0.4, -0.2) is 42.8 Å². The molecule has 2 aromatic carbocycles. The Kier molecular flexibility index (Phi) is 6.25. The van der Waals surface area contributed by atoms with E-state index in [0.717, 1.165) is 11.6 Å². The van der Waals surface area contributed by atoms with Crippen molar-refractivity contribution in [1.82, 2.24) is 25.4 Å². The van der Waals surface area contributed by atoms with Gasteiger partial charge in [-0.25, -0.2) is 4.98 Å². The van der Waals surface area contributed by atoms with Crippen LogP contribution >= 0.6 is 0 Å². The van der Waals surface area contributed by atoms with Crippen LogP contribution in [0, 0.1) is 0 Å². The molecule has 2 aromatic heterocycles. The zero-order valence-corrected chi connectivity index (χ0v) is 20.2. The highest BCUT2D eigenvalue weighted by Crippen LogP contribution is 2.36. The predicted octanol–water partition coefficient (Wildman–Crippen LogP) is 3.44. The zero-order chi connectivity index (χ0) is 27.1. The summed E-state index contributed by atoms with van der Waals surface area (Å²) in [5, 5.41) is 31.7. The predicted molar refractivity (Wildman–Crippen MR) is 132 cm³/mol. The van der Waals surface area contributed by atoms with Crippen molar-refractivity contribution in [2.75, 3.05) is 17.2 Å². The second-order valence-corrected chi connectivity index (χ2v) is 9.14. The third-order valence-corrected chi connectivity index (χ3v) is 5.82. The maximum absolute atomic E-state index is 14.2. The highest BCUT2D eigenvalue weighted by atomic mass is 19.3. The van der Waals surface area contributed by atoms with E-state index < -0.39 is 29.2 Å². The minimum Gasteiger partial charge on any atom is -0.394 e. The first kappa shape index (κ1) is 25.2. The molecule has 4 aromatic rings. The summed E-state index contributed by atoms with van der Waals surface area (Å²) in [6, 6.07) is 8.95. The molecule has 13 heteroatoms. The molecule has 1 aliphatic heterocycles. The first-order chi connectivity index (χ1) is 18.0. The molecule has 11 nitrogen and oxygen atoms in total. The van der Waals surface area contributed by atoms with E-state index in [1.54, 1.807) is 5.32 Å². The van der Waals surface area contributed by atoms with Gasteiger partial charge in [-0.05, 0) is 37.6 Å². The fourth-order valence-electron chi connectivity index (χ4n) is 3.86. The average molecular weight is 524 g/mol. The third kappa shape index (κ3) is 4.88. The Hall–Kier alpha value is -4.49. The molecule has 0 bridgehead atoms. The lowest BCUT2D eigenvalue weighted by Gasteiger charge is -2.19. The summed E-state index contributed by atoms with van der Waals surface area (Å²) in [4.78, 5) is 24.7. The monoisotopic (exact) mass is 523 g/mol. The third-order valence-electron chi connectivity index (χ3n) is 5.82. The number of rotatable bonds is 8. The van der Waals surface area contributed by atoms with Crippen LogP contribution in [-0.2, 0) is 11.6 Å². The summed E-state index contributed by atoms with van der Waals surface area (Å²) >= 11 is 0. The SMILES string of the molecule is CC(C)(O)c1noc(-c2cnc(Nc3ccc4c(c3)C(F)(F)NC4=O)nc2N[C@H](CO)c2ccccc2)n1. The highest BCUT2D eigenvalue weighted by Gasteiger charge is 2.44. The molecular weight excluding hydrogens is 500 g/mol. The number of hydrogen-bond acceptors (Lipinski definition) is 10. The van der Waals surface area contributed by atoms with Gasteiger partial charge >= 0.3 is 6.05 Å². The van der Waals surface area contributed by atoms with Gasteiger partial charge < -0.3 is 25.4 Å². The van der Waals surface area contributed by atoms with Crippen molar-refractivity contribution in [1.29, 1.82) is 0 Å². The van der Waals surface area contributed by atoms with Gasteiger partial charge in [0, 0.05) is 11.9 Å². The fourth-order valence-corrected chi connectivity index (χ4v) is 3.86. The Morgan fingerprint density at radius 2 is 1.89 bits per heavy atom. The summed E-state index contributed by atoms with van der Waals surface area (Å²) in [5.41, 5.74) is -0.662. The van der Waals surface area contributed by atoms with Gasteiger partial charge in [0.2, 0.25) is 11.8 Å². The molecule has 5 rings (SSSR count). The highest BCUT2D eigenvalue weighted by molar-refractivity contribution is 6.00. The topological polar surface area (TPSA) is 158 Å². The molecule has 5 N–H and O–H groups in total. The lowest BCUT2D eigenvalue weighted by atomic mass is 10.1. The quantitative estimate of drug-likeness (QED) is 0.217. The van der Waals surface area contributed by atoms with Crippen LogP contribution in [0.4, 0.5) is 26.2 Å². The van der Waals surface area contributed by atoms with Crippen molar-refractivity contribution in [2.24, 2.45) is 0 Å². The lowest BCUT2D eigenvalue weighted by Crippen LogP contribution is -2.29. The van der Waals surface area contributed by atoms with Crippen LogP contribution in [0.15, 0.2) is 59.3 Å². The number of alkyl halides is 2. The van der Waals surface area contributed by atoms with E-state index >= 15 is 0 Å². The van der Waals surface area contributed by atoms with Crippen LogP contribution in [0.3, 0.4) is 0 Å². The number of aliphatic hydroxyl groups excluding tert-OH is 1. The molecular formula is C25H23F2N7O4. The van der Waals surface area contributed by atoms with Crippen molar-refractivity contribution in [3.63, 3.8) is 0 Å². The van der Waals surface area contributed by atoms with Gasteiger partial charge in [0.15, 0.2) is 0 Å². The molecule has 1 amide bonds. The van der Waals surface area contributed by atoms with Crippen LogP contribution in [0.2, 0.25) is 0 Å². The molecule has 196 valence electrons. The van der Waals surface area contributed by atoms with E-state index in [0.29, 0.717) is 0 Å². The molecule has 0 radical (unpaired) electrons.